The minimum absolute atomic E-state index is 0.0143. The van der Waals surface area contributed by atoms with E-state index in [1.165, 1.54) is 30.2 Å². The van der Waals surface area contributed by atoms with Gasteiger partial charge < -0.3 is 24.0 Å². The van der Waals surface area contributed by atoms with Crippen LogP contribution >= 0.6 is 0 Å². The van der Waals surface area contributed by atoms with E-state index in [1.54, 1.807) is 30.9 Å². The standard InChI is InChI=1S/C18H21FN4O4/c1-21(2)17-15(18(25)23-8-7-22(3)14(24)10-23)16(27-20-17)11-5-6-12(19)13(9-11)26-4/h5-6,9H,7-8,10H2,1-4H3. The van der Waals surface area contributed by atoms with Crippen LogP contribution in [0.1, 0.15) is 10.4 Å². The van der Waals surface area contributed by atoms with Crippen LogP contribution in [0.25, 0.3) is 11.3 Å². The number of hydrogen-bond donors (Lipinski definition) is 0. The lowest BCUT2D eigenvalue weighted by Crippen LogP contribution is -2.50. The Morgan fingerprint density at radius 1 is 1.33 bits per heavy atom. The third-order valence-corrected chi connectivity index (χ3v) is 4.47. The summed E-state index contributed by atoms with van der Waals surface area (Å²) in [6.07, 6.45) is 0. The highest BCUT2D eigenvalue weighted by atomic mass is 19.1. The van der Waals surface area contributed by atoms with E-state index < -0.39 is 5.82 Å². The molecule has 1 saturated heterocycles. The normalized spacial score (nSPS) is 14.5. The summed E-state index contributed by atoms with van der Waals surface area (Å²) in [4.78, 5) is 29.9. The average Bonchev–Trinajstić information content (AvgIpc) is 3.09. The molecule has 0 aliphatic carbocycles. The molecule has 0 bridgehead atoms. The molecule has 1 aliphatic heterocycles. The van der Waals surface area contributed by atoms with Gasteiger partial charge in [0.25, 0.3) is 5.91 Å². The molecule has 8 nitrogen and oxygen atoms in total. The minimum atomic E-state index is -0.522. The Kier molecular flexibility index (Phi) is 5.02. The summed E-state index contributed by atoms with van der Waals surface area (Å²) in [6.45, 7) is 0.845. The zero-order chi connectivity index (χ0) is 19.7. The van der Waals surface area contributed by atoms with Gasteiger partial charge in [0.05, 0.1) is 7.11 Å². The summed E-state index contributed by atoms with van der Waals surface area (Å²) < 4.78 is 24.2. The number of piperazine rings is 1. The topological polar surface area (TPSA) is 79.1 Å². The molecular weight excluding hydrogens is 355 g/mol. The molecule has 9 heteroatoms. The number of anilines is 1. The second-order valence-electron chi connectivity index (χ2n) is 6.50. The number of hydrogen-bond acceptors (Lipinski definition) is 6. The smallest absolute Gasteiger partial charge is 0.262 e. The van der Waals surface area contributed by atoms with Crippen LogP contribution in [0.15, 0.2) is 22.7 Å². The van der Waals surface area contributed by atoms with Crippen molar-refractivity contribution in [1.29, 1.82) is 0 Å². The number of rotatable bonds is 4. The maximum Gasteiger partial charge on any atom is 0.262 e. The molecule has 3 rings (SSSR count). The molecule has 1 aromatic carbocycles. The largest absolute Gasteiger partial charge is 0.494 e. The third kappa shape index (κ3) is 3.44. The van der Waals surface area contributed by atoms with Crippen LogP contribution < -0.4 is 9.64 Å². The fraction of sp³-hybridized carbons (Fsp3) is 0.389. The van der Waals surface area contributed by atoms with Gasteiger partial charge in [0.1, 0.15) is 12.1 Å². The number of benzene rings is 1. The van der Waals surface area contributed by atoms with Gasteiger partial charge in [0, 0.05) is 39.8 Å². The molecule has 0 unspecified atom stereocenters. The van der Waals surface area contributed by atoms with Gasteiger partial charge in [-0.15, -0.1) is 0 Å². The number of ether oxygens (including phenoxy) is 1. The molecule has 0 radical (unpaired) electrons. The number of carbonyl (C=O) groups excluding carboxylic acids is 2. The van der Waals surface area contributed by atoms with Crippen LogP contribution in [0.5, 0.6) is 5.75 Å². The Hall–Kier alpha value is -3.10. The summed E-state index contributed by atoms with van der Waals surface area (Å²) in [7, 11) is 6.53. The third-order valence-electron chi connectivity index (χ3n) is 4.47. The highest BCUT2D eigenvalue weighted by Gasteiger charge is 2.32. The van der Waals surface area contributed by atoms with E-state index in [0.717, 1.165) is 0 Å². The van der Waals surface area contributed by atoms with E-state index in [0.29, 0.717) is 24.5 Å². The van der Waals surface area contributed by atoms with E-state index in [2.05, 4.69) is 5.16 Å². The number of amides is 2. The van der Waals surface area contributed by atoms with Crippen molar-refractivity contribution in [3.8, 4) is 17.1 Å². The summed E-state index contributed by atoms with van der Waals surface area (Å²) >= 11 is 0. The van der Waals surface area contributed by atoms with Crippen molar-refractivity contribution in [2.75, 3.05) is 52.8 Å². The quantitative estimate of drug-likeness (QED) is 0.804. The highest BCUT2D eigenvalue weighted by Crippen LogP contribution is 2.34. The molecule has 0 atom stereocenters. The average molecular weight is 376 g/mol. The lowest BCUT2D eigenvalue weighted by atomic mass is 10.1. The van der Waals surface area contributed by atoms with Gasteiger partial charge in [-0.1, -0.05) is 5.16 Å². The predicted molar refractivity (Wildman–Crippen MR) is 96.3 cm³/mol. The Morgan fingerprint density at radius 2 is 2.07 bits per heavy atom. The maximum absolute atomic E-state index is 13.8. The molecule has 2 heterocycles. The first kappa shape index (κ1) is 18.7. The van der Waals surface area contributed by atoms with Crippen molar-refractivity contribution in [3.05, 3.63) is 29.6 Å². The van der Waals surface area contributed by atoms with E-state index in [4.69, 9.17) is 9.26 Å². The zero-order valence-electron chi connectivity index (χ0n) is 15.7. The van der Waals surface area contributed by atoms with Gasteiger partial charge in [0.2, 0.25) is 5.91 Å². The minimum Gasteiger partial charge on any atom is -0.494 e. The maximum atomic E-state index is 13.8. The molecule has 0 N–H and O–H groups in total. The number of likely N-dealkylation sites (N-methyl/N-ethyl adjacent to an activating group) is 1. The van der Waals surface area contributed by atoms with Crippen LogP contribution in [0.3, 0.4) is 0 Å². The molecular formula is C18H21FN4O4. The monoisotopic (exact) mass is 376 g/mol. The van der Waals surface area contributed by atoms with Crippen LogP contribution in [0.4, 0.5) is 10.2 Å². The van der Waals surface area contributed by atoms with Crippen molar-refractivity contribution in [3.63, 3.8) is 0 Å². The van der Waals surface area contributed by atoms with Gasteiger partial charge in [-0.2, -0.15) is 0 Å². The zero-order valence-corrected chi connectivity index (χ0v) is 15.7. The van der Waals surface area contributed by atoms with Gasteiger partial charge in [-0.3, -0.25) is 9.59 Å². The van der Waals surface area contributed by atoms with Crippen molar-refractivity contribution in [1.82, 2.24) is 15.0 Å². The van der Waals surface area contributed by atoms with Crippen LogP contribution in [-0.2, 0) is 4.79 Å². The first-order valence-electron chi connectivity index (χ1n) is 8.37. The summed E-state index contributed by atoms with van der Waals surface area (Å²) in [6, 6.07) is 4.17. The number of nitrogens with zero attached hydrogens (tertiary/aromatic N) is 4. The molecule has 2 amide bonds. The number of methoxy groups -OCH3 is 1. The fourth-order valence-electron chi connectivity index (χ4n) is 2.87. The van der Waals surface area contributed by atoms with Crippen molar-refractivity contribution in [2.24, 2.45) is 0 Å². The summed E-state index contributed by atoms with van der Waals surface area (Å²) in [5, 5.41) is 3.99. The SMILES string of the molecule is COc1cc(-c2onc(N(C)C)c2C(=O)N2CCN(C)C(=O)C2)ccc1F. The Labute approximate surface area is 156 Å². The Bertz CT molecular complexity index is 880. The van der Waals surface area contributed by atoms with Crippen LogP contribution in [-0.4, -0.2) is 74.7 Å². The molecule has 0 spiro atoms. The highest BCUT2D eigenvalue weighted by molar-refractivity contribution is 6.05. The molecule has 1 fully saturated rings. The number of carbonyl (C=O) groups is 2. The molecule has 1 aliphatic rings. The van der Waals surface area contributed by atoms with E-state index in [-0.39, 0.29) is 35.4 Å². The van der Waals surface area contributed by atoms with E-state index in [9.17, 15) is 14.0 Å². The molecule has 1 aromatic heterocycles. The summed E-state index contributed by atoms with van der Waals surface area (Å²) in [5.41, 5.74) is 0.684. The first-order chi connectivity index (χ1) is 12.8. The van der Waals surface area contributed by atoms with Crippen molar-refractivity contribution >= 4 is 17.6 Å². The first-order valence-corrected chi connectivity index (χ1v) is 8.37. The lowest BCUT2D eigenvalue weighted by molar-refractivity contribution is -0.133. The molecule has 2 aromatic rings. The van der Waals surface area contributed by atoms with Gasteiger partial charge in [-0.25, -0.2) is 4.39 Å². The lowest BCUT2D eigenvalue weighted by Gasteiger charge is -2.32. The Balaban J connectivity index is 2.05. The Morgan fingerprint density at radius 3 is 2.70 bits per heavy atom. The second kappa shape index (κ2) is 7.26. The van der Waals surface area contributed by atoms with Gasteiger partial charge >= 0.3 is 0 Å². The van der Waals surface area contributed by atoms with Crippen LogP contribution in [0.2, 0.25) is 0 Å². The van der Waals surface area contributed by atoms with Gasteiger partial charge in [0.15, 0.2) is 23.1 Å². The van der Waals surface area contributed by atoms with Gasteiger partial charge in [-0.05, 0) is 18.2 Å². The van der Waals surface area contributed by atoms with E-state index in [1.807, 2.05) is 0 Å². The second-order valence-corrected chi connectivity index (χ2v) is 6.50. The van der Waals surface area contributed by atoms with Crippen molar-refractivity contribution < 1.29 is 23.2 Å². The van der Waals surface area contributed by atoms with Crippen molar-refractivity contribution in [2.45, 2.75) is 0 Å². The number of halogens is 1. The van der Waals surface area contributed by atoms with E-state index >= 15 is 0 Å². The van der Waals surface area contributed by atoms with Crippen LogP contribution in [0, 0.1) is 5.82 Å². The fourth-order valence-corrected chi connectivity index (χ4v) is 2.87. The molecule has 27 heavy (non-hydrogen) atoms. The summed E-state index contributed by atoms with van der Waals surface area (Å²) in [5.74, 6) is -0.449. The predicted octanol–water partition coefficient (Wildman–Crippen LogP) is 1.47. The number of aromatic nitrogens is 1. The molecule has 144 valence electrons. The molecule has 0 saturated carbocycles.